The molecule has 0 unspecified atom stereocenters. The van der Waals surface area contributed by atoms with Crippen molar-refractivity contribution in [2.75, 3.05) is 13.2 Å². The molecule has 0 heterocycles. The molecule has 28 heavy (non-hydrogen) atoms. The molecule has 2 aromatic rings. The number of carbonyl (C=O) groups excluding carboxylic acids is 2. The number of amides is 2. The summed E-state index contributed by atoms with van der Waals surface area (Å²) in [7, 11) is 0. The number of benzene rings is 2. The van der Waals surface area contributed by atoms with Crippen LogP contribution in [0, 0.1) is 0 Å². The van der Waals surface area contributed by atoms with Gasteiger partial charge in [0.05, 0.1) is 6.61 Å². The number of primary amides is 1. The van der Waals surface area contributed by atoms with Crippen LogP contribution in [0.25, 0.3) is 0 Å². The van der Waals surface area contributed by atoms with Crippen LogP contribution in [0.5, 0.6) is 5.75 Å². The Labute approximate surface area is 159 Å². The summed E-state index contributed by atoms with van der Waals surface area (Å²) in [6.07, 6.45) is -4.35. The van der Waals surface area contributed by atoms with Gasteiger partial charge in [-0.25, -0.2) is 0 Å². The second-order valence-electron chi connectivity index (χ2n) is 5.89. The second-order valence-corrected chi connectivity index (χ2v) is 5.89. The molecule has 0 bridgehead atoms. The topological polar surface area (TPSA) is 90.7 Å². The van der Waals surface area contributed by atoms with Crippen molar-refractivity contribution in [2.24, 2.45) is 5.73 Å². The predicted molar refractivity (Wildman–Crippen MR) is 94.5 cm³/mol. The molecule has 0 saturated carbocycles. The number of halogens is 3. The van der Waals surface area contributed by atoms with Crippen LogP contribution >= 0.6 is 0 Å². The lowest BCUT2D eigenvalue weighted by Gasteiger charge is -2.09. The van der Waals surface area contributed by atoms with Gasteiger partial charge in [0.2, 0.25) is 0 Å². The summed E-state index contributed by atoms with van der Waals surface area (Å²) in [5.41, 5.74) is 6.78. The number of carbonyl (C=O) groups is 2. The molecule has 2 amide bonds. The molecule has 9 heteroatoms. The molecule has 0 aliphatic rings. The van der Waals surface area contributed by atoms with Crippen LogP contribution in [0.15, 0.2) is 48.5 Å². The van der Waals surface area contributed by atoms with Gasteiger partial charge in [0.1, 0.15) is 12.4 Å². The van der Waals surface area contributed by atoms with Gasteiger partial charge in [-0.3, -0.25) is 9.59 Å². The minimum Gasteiger partial charge on any atom is -0.484 e. The second kappa shape index (κ2) is 9.75. The Morgan fingerprint density at radius 2 is 1.57 bits per heavy atom. The minimum atomic E-state index is -4.35. The van der Waals surface area contributed by atoms with Gasteiger partial charge < -0.3 is 20.5 Å². The van der Waals surface area contributed by atoms with E-state index in [1.165, 1.54) is 0 Å². The monoisotopic (exact) mass is 396 g/mol. The summed E-state index contributed by atoms with van der Waals surface area (Å²) in [6, 6.07) is 12.9. The van der Waals surface area contributed by atoms with Crippen molar-refractivity contribution in [3.63, 3.8) is 0 Å². The fraction of sp³-hybridized carbons (Fsp3) is 0.263. The van der Waals surface area contributed by atoms with Crippen LogP contribution in [0.4, 0.5) is 13.2 Å². The van der Waals surface area contributed by atoms with E-state index >= 15 is 0 Å². The first kappa shape index (κ1) is 21.2. The van der Waals surface area contributed by atoms with Crippen LogP contribution in [-0.2, 0) is 22.7 Å². The molecule has 0 aliphatic heterocycles. The van der Waals surface area contributed by atoms with Crippen LogP contribution in [-0.4, -0.2) is 31.2 Å². The molecular formula is C19H19F3N2O4. The zero-order chi connectivity index (χ0) is 20.6. The summed E-state index contributed by atoms with van der Waals surface area (Å²) >= 11 is 0. The lowest BCUT2D eigenvalue weighted by Crippen LogP contribution is -2.23. The van der Waals surface area contributed by atoms with Gasteiger partial charge in [0, 0.05) is 12.1 Å². The highest BCUT2D eigenvalue weighted by Crippen LogP contribution is 2.16. The van der Waals surface area contributed by atoms with Gasteiger partial charge in [-0.1, -0.05) is 24.3 Å². The maximum atomic E-state index is 12.1. The Bertz CT molecular complexity index is 790. The minimum absolute atomic E-state index is 0.143. The van der Waals surface area contributed by atoms with Crippen molar-refractivity contribution >= 4 is 11.8 Å². The van der Waals surface area contributed by atoms with E-state index in [1.54, 1.807) is 48.5 Å². The largest absolute Gasteiger partial charge is 0.484 e. The normalized spacial score (nSPS) is 11.1. The third kappa shape index (κ3) is 7.67. The van der Waals surface area contributed by atoms with Gasteiger partial charge in [0.25, 0.3) is 11.8 Å². The van der Waals surface area contributed by atoms with Crippen LogP contribution in [0.2, 0.25) is 0 Å². The third-order valence-electron chi connectivity index (χ3n) is 3.51. The first-order chi connectivity index (χ1) is 13.2. The molecule has 6 nitrogen and oxygen atoms in total. The number of rotatable bonds is 9. The first-order valence-electron chi connectivity index (χ1n) is 8.24. The van der Waals surface area contributed by atoms with Crippen molar-refractivity contribution in [1.29, 1.82) is 0 Å². The van der Waals surface area contributed by atoms with E-state index in [0.29, 0.717) is 16.9 Å². The van der Waals surface area contributed by atoms with E-state index in [4.69, 9.17) is 10.5 Å². The third-order valence-corrected chi connectivity index (χ3v) is 3.51. The van der Waals surface area contributed by atoms with Crippen molar-refractivity contribution < 1.29 is 32.2 Å². The predicted octanol–water partition coefficient (Wildman–Crippen LogP) is 2.56. The van der Waals surface area contributed by atoms with E-state index in [2.05, 4.69) is 10.1 Å². The van der Waals surface area contributed by atoms with E-state index in [0.717, 1.165) is 5.56 Å². The van der Waals surface area contributed by atoms with E-state index in [1.807, 2.05) is 0 Å². The lowest BCUT2D eigenvalue weighted by molar-refractivity contribution is -0.176. The van der Waals surface area contributed by atoms with E-state index in [9.17, 15) is 22.8 Å². The number of ether oxygens (including phenoxy) is 2. The molecule has 0 aromatic heterocycles. The SMILES string of the molecule is NC(=O)COc1ccc(C(=O)NCc2ccc(COCC(F)(F)F)cc2)cc1. The molecule has 0 saturated heterocycles. The van der Waals surface area contributed by atoms with E-state index < -0.39 is 18.7 Å². The van der Waals surface area contributed by atoms with Gasteiger partial charge in [-0.05, 0) is 35.4 Å². The molecule has 0 fully saturated rings. The lowest BCUT2D eigenvalue weighted by atomic mass is 10.1. The highest BCUT2D eigenvalue weighted by Gasteiger charge is 2.27. The summed E-state index contributed by atoms with van der Waals surface area (Å²) in [4.78, 5) is 22.8. The van der Waals surface area contributed by atoms with Gasteiger partial charge in [-0.15, -0.1) is 0 Å². The number of hydrogen-bond donors (Lipinski definition) is 2. The standard InChI is InChI=1S/C19H19F3N2O4/c20-19(21,22)12-27-10-14-3-1-13(2-4-14)9-24-18(26)15-5-7-16(8-6-15)28-11-17(23)25/h1-8H,9-12H2,(H2,23,25)(H,24,26). The van der Waals surface area contributed by atoms with Crippen molar-refractivity contribution in [3.05, 3.63) is 65.2 Å². The van der Waals surface area contributed by atoms with E-state index in [-0.39, 0.29) is 25.7 Å². The zero-order valence-corrected chi connectivity index (χ0v) is 14.8. The van der Waals surface area contributed by atoms with Crippen molar-refractivity contribution in [2.45, 2.75) is 19.3 Å². The average molecular weight is 396 g/mol. The Balaban J connectivity index is 1.79. The molecule has 2 rings (SSSR count). The van der Waals surface area contributed by atoms with Gasteiger partial charge in [0.15, 0.2) is 6.61 Å². The van der Waals surface area contributed by atoms with Crippen LogP contribution in [0.3, 0.4) is 0 Å². The Kier molecular flexibility index (Phi) is 7.39. The fourth-order valence-corrected chi connectivity index (χ4v) is 2.18. The van der Waals surface area contributed by atoms with Gasteiger partial charge >= 0.3 is 6.18 Å². The summed E-state index contributed by atoms with van der Waals surface area (Å²) in [5, 5.41) is 2.73. The fourth-order valence-electron chi connectivity index (χ4n) is 2.18. The Hall–Kier alpha value is -3.07. The molecule has 150 valence electrons. The maximum Gasteiger partial charge on any atom is 0.411 e. The summed E-state index contributed by atoms with van der Waals surface area (Å²) in [5.74, 6) is -0.488. The highest BCUT2D eigenvalue weighted by atomic mass is 19.4. The molecule has 0 radical (unpaired) electrons. The van der Waals surface area contributed by atoms with Crippen LogP contribution in [0.1, 0.15) is 21.5 Å². The molecular weight excluding hydrogens is 377 g/mol. The number of nitrogens with two attached hydrogens (primary N) is 1. The van der Waals surface area contributed by atoms with Crippen molar-refractivity contribution in [1.82, 2.24) is 5.32 Å². The molecule has 0 spiro atoms. The summed E-state index contributed by atoms with van der Waals surface area (Å²) < 4.78 is 45.8. The first-order valence-corrected chi connectivity index (χ1v) is 8.24. The van der Waals surface area contributed by atoms with Crippen molar-refractivity contribution in [3.8, 4) is 5.75 Å². The number of alkyl halides is 3. The Morgan fingerprint density at radius 1 is 0.964 bits per heavy atom. The average Bonchev–Trinajstić information content (AvgIpc) is 2.65. The maximum absolute atomic E-state index is 12.1. The molecule has 0 aliphatic carbocycles. The smallest absolute Gasteiger partial charge is 0.411 e. The molecule has 0 atom stereocenters. The molecule has 2 aromatic carbocycles. The number of nitrogens with one attached hydrogen (secondary N) is 1. The highest BCUT2D eigenvalue weighted by molar-refractivity contribution is 5.94. The van der Waals surface area contributed by atoms with Gasteiger partial charge in [-0.2, -0.15) is 13.2 Å². The van der Waals surface area contributed by atoms with Crippen LogP contribution < -0.4 is 15.8 Å². The number of hydrogen-bond acceptors (Lipinski definition) is 4. The summed E-state index contributed by atoms with van der Waals surface area (Å²) in [6.45, 7) is -1.43. The quantitative estimate of drug-likeness (QED) is 0.682. The Morgan fingerprint density at radius 3 is 2.14 bits per heavy atom. The molecule has 3 N–H and O–H groups in total. The zero-order valence-electron chi connectivity index (χ0n) is 14.8.